The second-order valence-corrected chi connectivity index (χ2v) is 3.50. The van der Waals surface area contributed by atoms with Gasteiger partial charge in [0.2, 0.25) is 5.91 Å². The van der Waals surface area contributed by atoms with Gasteiger partial charge < -0.3 is 14.8 Å². The predicted octanol–water partition coefficient (Wildman–Crippen LogP) is 0.941. The van der Waals surface area contributed by atoms with Crippen LogP contribution in [0.25, 0.3) is 0 Å². The zero-order chi connectivity index (χ0) is 10.6. The molecule has 0 rings (SSSR count). The summed E-state index contributed by atoms with van der Waals surface area (Å²) in [6, 6.07) is 0. The Morgan fingerprint density at radius 1 is 1.29 bits per heavy atom. The number of carbonyl (C=O) groups is 1. The van der Waals surface area contributed by atoms with Gasteiger partial charge in [0.05, 0.1) is 13.2 Å². The molecule has 0 unspecified atom stereocenters. The second kappa shape index (κ2) is 10.9. The number of halogens is 1. The molecule has 0 atom stereocenters. The highest BCUT2D eigenvalue weighted by molar-refractivity contribution is 9.09. The van der Waals surface area contributed by atoms with Crippen LogP contribution in [0.4, 0.5) is 0 Å². The fraction of sp³-hybridized carbons (Fsp3) is 0.889. The molecule has 0 bridgehead atoms. The third-order valence-corrected chi connectivity index (χ3v) is 1.70. The average Bonchev–Trinajstić information content (AvgIpc) is 2.18. The monoisotopic (exact) mass is 267 g/mol. The Hall–Kier alpha value is -0.130. The van der Waals surface area contributed by atoms with Crippen LogP contribution in [0, 0.1) is 0 Å². The number of alkyl halides is 1. The van der Waals surface area contributed by atoms with Crippen LogP contribution in [0.5, 0.6) is 0 Å². The van der Waals surface area contributed by atoms with Crippen molar-refractivity contribution in [2.24, 2.45) is 0 Å². The van der Waals surface area contributed by atoms with E-state index in [9.17, 15) is 4.79 Å². The summed E-state index contributed by atoms with van der Waals surface area (Å²) in [5, 5.41) is 3.52. The molecule has 0 heterocycles. The lowest BCUT2D eigenvalue weighted by Gasteiger charge is -2.05. The molecule has 14 heavy (non-hydrogen) atoms. The Morgan fingerprint density at radius 3 is 2.71 bits per heavy atom. The van der Waals surface area contributed by atoms with Crippen molar-refractivity contribution >= 4 is 21.8 Å². The average molecular weight is 268 g/mol. The Morgan fingerprint density at radius 2 is 2.07 bits per heavy atom. The zero-order valence-electron chi connectivity index (χ0n) is 8.55. The number of nitrogens with one attached hydrogen (secondary N) is 1. The van der Waals surface area contributed by atoms with E-state index < -0.39 is 0 Å². The quantitative estimate of drug-likeness (QED) is 0.500. The maximum Gasteiger partial charge on any atom is 0.246 e. The van der Waals surface area contributed by atoms with Crippen LogP contribution >= 0.6 is 15.9 Å². The molecule has 0 spiro atoms. The third-order valence-electron chi connectivity index (χ3n) is 1.37. The summed E-state index contributed by atoms with van der Waals surface area (Å²) >= 11 is 3.24. The van der Waals surface area contributed by atoms with E-state index in [4.69, 9.17) is 9.47 Å². The van der Waals surface area contributed by atoms with Gasteiger partial charge in [-0.15, -0.1) is 0 Å². The minimum atomic E-state index is -0.0825. The molecule has 5 heteroatoms. The van der Waals surface area contributed by atoms with Crippen LogP contribution in [-0.4, -0.2) is 44.2 Å². The van der Waals surface area contributed by atoms with Gasteiger partial charge in [0.1, 0.15) is 6.61 Å². The molecule has 1 N–H and O–H groups in total. The summed E-state index contributed by atoms with van der Waals surface area (Å²) in [4.78, 5) is 11.0. The van der Waals surface area contributed by atoms with E-state index in [2.05, 4.69) is 21.2 Å². The molecule has 0 aliphatic rings. The lowest BCUT2D eigenvalue weighted by molar-refractivity contribution is -0.125. The van der Waals surface area contributed by atoms with E-state index in [1.54, 1.807) is 0 Å². The topological polar surface area (TPSA) is 47.6 Å². The van der Waals surface area contributed by atoms with E-state index >= 15 is 0 Å². The molecule has 0 saturated carbocycles. The van der Waals surface area contributed by atoms with Gasteiger partial charge in [-0.1, -0.05) is 22.9 Å². The van der Waals surface area contributed by atoms with Crippen LogP contribution in [0.2, 0.25) is 0 Å². The first-order valence-corrected chi connectivity index (χ1v) is 5.91. The van der Waals surface area contributed by atoms with E-state index in [-0.39, 0.29) is 12.5 Å². The van der Waals surface area contributed by atoms with Crippen LogP contribution in [0.3, 0.4) is 0 Å². The van der Waals surface area contributed by atoms with Crippen LogP contribution in [-0.2, 0) is 14.3 Å². The Bertz CT molecular complexity index is 144. The SMILES string of the molecule is CCCOCC(=O)NCCOCCBr. The van der Waals surface area contributed by atoms with Crippen LogP contribution in [0.15, 0.2) is 0 Å². The lowest BCUT2D eigenvalue weighted by atomic mass is 10.5. The van der Waals surface area contributed by atoms with E-state index in [0.717, 1.165) is 11.8 Å². The largest absolute Gasteiger partial charge is 0.379 e. The lowest BCUT2D eigenvalue weighted by Crippen LogP contribution is -2.30. The fourth-order valence-electron chi connectivity index (χ4n) is 0.779. The minimum Gasteiger partial charge on any atom is -0.379 e. The Labute approximate surface area is 93.5 Å². The molecular weight excluding hydrogens is 250 g/mol. The van der Waals surface area contributed by atoms with Gasteiger partial charge in [-0.25, -0.2) is 0 Å². The Kier molecular flexibility index (Phi) is 10.8. The fourth-order valence-corrected chi connectivity index (χ4v) is 1.01. The van der Waals surface area contributed by atoms with Gasteiger partial charge in [0.25, 0.3) is 0 Å². The second-order valence-electron chi connectivity index (χ2n) is 2.70. The number of rotatable bonds is 9. The van der Waals surface area contributed by atoms with Crippen molar-refractivity contribution in [2.75, 3.05) is 38.3 Å². The molecule has 0 radical (unpaired) electrons. The molecule has 84 valence electrons. The smallest absolute Gasteiger partial charge is 0.246 e. The molecule has 0 aliphatic heterocycles. The summed E-state index contributed by atoms with van der Waals surface area (Å²) in [6.45, 7) is 4.54. The summed E-state index contributed by atoms with van der Waals surface area (Å²) in [5.74, 6) is -0.0825. The number of carbonyl (C=O) groups excluding carboxylic acids is 1. The predicted molar refractivity (Wildman–Crippen MR) is 58.7 cm³/mol. The molecule has 0 aromatic rings. The molecule has 1 amide bonds. The molecule has 0 saturated heterocycles. The summed E-state index contributed by atoms with van der Waals surface area (Å²) in [5.41, 5.74) is 0. The van der Waals surface area contributed by atoms with Gasteiger partial charge in [-0.05, 0) is 6.42 Å². The highest BCUT2D eigenvalue weighted by Crippen LogP contribution is 1.82. The molecule has 0 aromatic heterocycles. The highest BCUT2D eigenvalue weighted by Gasteiger charge is 1.99. The first-order chi connectivity index (χ1) is 6.81. The molecule has 4 nitrogen and oxygen atoms in total. The summed E-state index contributed by atoms with van der Waals surface area (Å²) in [7, 11) is 0. The van der Waals surface area contributed by atoms with Gasteiger partial charge in [-0.2, -0.15) is 0 Å². The number of hydrogen-bond acceptors (Lipinski definition) is 3. The van der Waals surface area contributed by atoms with E-state index in [0.29, 0.717) is 26.4 Å². The normalized spacial score (nSPS) is 10.1. The molecular formula is C9H18BrNO3. The van der Waals surface area contributed by atoms with Gasteiger partial charge in [0, 0.05) is 18.5 Å². The van der Waals surface area contributed by atoms with Crippen molar-refractivity contribution in [1.82, 2.24) is 5.32 Å². The number of amides is 1. The van der Waals surface area contributed by atoms with E-state index in [1.165, 1.54) is 0 Å². The first-order valence-electron chi connectivity index (χ1n) is 4.79. The molecule has 0 aromatic carbocycles. The standard InChI is InChI=1S/C9H18BrNO3/c1-2-5-14-8-9(12)11-4-7-13-6-3-10/h2-8H2,1H3,(H,11,12). The minimum absolute atomic E-state index is 0.0825. The van der Waals surface area contributed by atoms with E-state index in [1.807, 2.05) is 6.92 Å². The van der Waals surface area contributed by atoms with Gasteiger partial charge >= 0.3 is 0 Å². The van der Waals surface area contributed by atoms with Crippen molar-refractivity contribution in [3.63, 3.8) is 0 Å². The van der Waals surface area contributed by atoms with Gasteiger partial charge in [0.15, 0.2) is 0 Å². The van der Waals surface area contributed by atoms with Crippen molar-refractivity contribution in [3.05, 3.63) is 0 Å². The van der Waals surface area contributed by atoms with Crippen molar-refractivity contribution in [3.8, 4) is 0 Å². The summed E-state index contributed by atoms with van der Waals surface area (Å²) in [6.07, 6.45) is 0.932. The first kappa shape index (κ1) is 13.9. The van der Waals surface area contributed by atoms with Crippen molar-refractivity contribution < 1.29 is 14.3 Å². The maximum absolute atomic E-state index is 11.0. The number of hydrogen-bond donors (Lipinski definition) is 1. The van der Waals surface area contributed by atoms with Crippen molar-refractivity contribution in [1.29, 1.82) is 0 Å². The van der Waals surface area contributed by atoms with Crippen LogP contribution < -0.4 is 5.32 Å². The summed E-state index contributed by atoms with van der Waals surface area (Å²) < 4.78 is 10.2. The third kappa shape index (κ3) is 9.95. The zero-order valence-corrected chi connectivity index (χ0v) is 10.1. The highest BCUT2D eigenvalue weighted by atomic mass is 79.9. The Balaban J connectivity index is 3.10. The molecule has 0 fully saturated rings. The number of ether oxygens (including phenoxy) is 2. The molecule has 0 aliphatic carbocycles. The maximum atomic E-state index is 11.0. The van der Waals surface area contributed by atoms with Crippen molar-refractivity contribution in [2.45, 2.75) is 13.3 Å². The van der Waals surface area contributed by atoms with Gasteiger partial charge in [-0.3, -0.25) is 4.79 Å². The van der Waals surface area contributed by atoms with Crippen LogP contribution in [0.1, 0.15) is 13.3 Å².